The molecule has 7 nitrogen and oxygen atoms in total. The molecule has 0 aromatic carbocycles. The SMILES string of the molecule is O=CO[C@H](CP)C(=O)NCC(=O)N[C@@H](P)C(=O)P. The van der Waals surface area contributed by atoms with Crippen LogP contribution in [0.15, 0.2) is 0 Å². The van der Waals surface area contributed by atoms with Crippen molar-refractivity contribution in [2.24, 2.45) is 0 Å². The lowest BCUT2D eigenvalue weighted by atomic mass is 10.3. The fourth-order valence-corrected chi connectivity index (χ4v) is 1.46. The van der Waals surface area contributed by atoms with E-state index in [1.54, 1.807) is 0 Å². The highest BCUT2D eigenvalue weighted by atomic mass is 31.0. The number of nitrogens with one attached hydrogen (secondary N) is 2. The Morgan fingerprint density at radius 3 is 2.39 bits per heavy atom. The Morgan fingerprint density at radius 2 is 1.94 bits per heavy atom. The van der Waals surface area contributed by atoms with Crippen molar-refractivity contribution in [2.75, 3.05) is 12.7 Å². The average molecular weight is 312 g/mol. The number of carbonyl (C=O) groups excluding carboxylic acids is 4. The first-order valence-corrected chi connectivity index (χ1v) is 6.89. The molecule has 5 atom stereocenters. The minimum Gasteiger partial charge on any atom is -0.454 e. The van der Waals surface area contributed by atoms with Gasteiger partial charge in [0, 0.05) is 6.16 Å². The molecule has 0 aliphatic carbocycles. The average Bonchev–Trinajstić information content (AvgIpc) is 2.32. The Balaban J connectivity index is 4.08. The molecule has 102 valence electrons. The van der Waals surface area contributed by atoms with Gasteiger partial charge in [-0.2, -0.15) is 0 Å². The fraction of sp³-hybridized carbons (Fsp3) is 0.500. The molecule has 0 heterocycles. The van der Waals surface area contributed by atoms with Gasteiger partial charge in [0.05, 0.1) is 6.54 Å². The van der Waals surface area contributed by atoms with Gasteiger partial charge >= 0.3 is 0 Å². The first kappa shape index (κ1) is 17.4. The number of amides is 2. The molecule has 0 saturated heterocycles. The van der Waals surface area contributed by atoms with Gasteiger partial charge in [-0.3, -0.25) is 19.2 Å². The Hall–Kier alpha value is -0.630. The standard InChI is InChI=1S/C8H15N2O5P3/c11-3-15-4(2-16)6(13)9-1-5(12)10-7(17)8(14)18/h3-4,7H,1-2,16-18H2,(H,9,13)(H,10,12)/t4-,7+/m1/s1. The molecule has 2 N–H and O–H groups in total. The molecule has 0 rings (SSSR count). The predicted molar refractivity (Wildman–Crippen MR) is 74.9 cm³/mol. The number of hydrogen-bond acceptors (Lipinski definition) is 5. The summed E-state index contributed by atoms with van der Waals surface area (Å²) in [6, 6.07) is 0. The number of carbonyl (C=O) groups is 4. The zero-order valence-corrected chi connectivity index (χ0v) is 12.9. The third-order valence-electron chi connectivity index (χ3n) is 1.77. The van der Waals surface area contributed by atoms with Crippen molar-refractivity contribution < 1.29 is 23.9 Å². The van der Waals surface area contributed by atoms with Crippen LogP contribution in [0.4, 0.5) is 0 Å². The highest BCUT2D eigenvalue weighted by Gasteiger charge is 2.18. The van der Waals surface area contributed by atoms with Crippen molar-refractivity contribution in [1.29, 1.82) is 0 Å². The van der Waals surface area contributed by atoms with E-state index in [0.717, 1.165) is 0 Å². The van der Waals surface area contributed by atoms with Crippen molar-refractivity contribution in [2.45, 2.75) is 11.9 Å². The normalized spacial score (nSPS) is 13.1. The van der Waals surface area contributed by atoms with Crippen molar-refractivity contribution >= 4 is 51.5 Å². The second kappa shape index (κ2) is 9.32. The summed E-state index contributed by atoms with van der Waals surface area (Å²) in [4.78, 5) is 43.7. The summed E-state index contributed by atoms with van der Waals surface area (Å²) in [6.07, 6.45) is -0.724. The van der Waals surface area contributed by atoms with Crippen LogP contribution in [-0.4, -0.2) is 48.4 Å². The van der Waals surface area contributed by atoms with Gasteiger partial charge in [-0.25, -0.2) is 0 Å². The van der Waals surface area contributed by atoms with E-state index in [2.05, 4.69) is 33.9 Å². The van der Waals surface area contributed by atoms with Crippen LogP contribution in [-0.2, 0) is 23.9 Å². The summed E-state index contributed by atoms with van der Waals surface area (Å²) in [6.45, 7) is -0.134. The molecular formula is C8H15N2O5P3. The third kappa shape index (κ3) is 6.95. The van der Waals surface area contributed by atoms with Gasteiger partial charge < -0.3 is 15.4 Å². The van der Waals surface area contributed by atoms with Gasteiger partial charge in [0.1, 0.15) is 5.78 Å². The van der Waals surface area contributed by atoms with Crippen LogP contribution >= 0.6 is 27.7 Å². The Morgan fingerprint density at radius 1 is 1.33 bits per heavy atom. The Kier molecular flexibility index (Phi) is 8.99. The lowest BCUT2D eigenvalue weighted by Crippen LogP contribution is -2.45. The van der Waals surface area contributed by atoms with Crippen molar-refractivity contribution in [3.63, 3.8) is 0 Å². The molecule has 0 radical (unpaired) electrons. The van der Waals surface area contributed by atoms with Crippen molar-refractivity contribution in [3.8, 4) is 0 Å². The molecule has 3 unspecified atom stereocenters. The lowest BCUT2D eigenvalue weighted by Gasteiger charge is -2.14. The molecular weight excluding hydrogens is 297 g/mol. The monoisotopic (exact) mass is 312 g/mol. The summed E-state index contributed by atoms with van der Waals surface area (Å²) in [5.74, 6) is -1.82. The van der Waals surface area contributed by atoms with E-state index < -0.39 is 23.7 Å². The van der Waals surface area contributed by atoms with E-state index in [0.29, 0.717) is 0 Å². The van der Waals surface area contributed by atoms with Gasteiger partial charge in [-0.1, -0.05) is 9.24 Å². The molecule has 0 aliphatic rings. The highest BCUT2D eigenvalue weighted by Crippen LogP contribution is 2.02. The van der Waals surface area contributed by atoms with Crippen LogP contribution in [0.1, 0.15) is 0 Å². The molecule has 2 amide bonds. The highest BCUT2D eigenvalue weighted by molar-refractivity contribution is 7.43. The summed E-state index contributed by atoms with van der Waals surface area (Å²) in [7, 11) is 6.33. The fourth-order valence-electron chi connectivity index (χ4n) is 0.868. The summed E-state index contributed by atoms with van der Waals surface area (Å²) in [5.41, 5.74) is -0.299. The molecule has 18 heavy (non-hydrogen) atoms. The summed E-state index contributed by atoms with van der Waals surface area (Å²) < 4.78 is 4.50. The van der Waals surface area contributed by atoms with Crippen molar-refractivity contribution in [1.82, 2.24) is 10.6 Å². The van der Waals surface area contributed by atoms with E-state index in [1.165, 1.54) is 0 Å². The maximum Gasteiger partial charge on any atom is 0.293 e. The molecule has 0 aromatic heterocycles. The van der Waals surface area contributed by atoms with Gasteiger partial charge in [-0.15, -0.1) is 18.5 Å². The summed E-state index contributed by atoms with van der Waals surface area (Å²) >= 11 is 0. The number of ether oxygens (including phenoxy) is 1. The predicted octanol–water partition coefficient (Wildman–Crippen LogP) is -1.76. The van der Waals surface area contributed by atoms with Crippen molar-refractivity contribution in [3.05, 3.63) is 0 Å². The molecule has 0 bridgehead atoms. The van der Waals surface area contributed by atoms with Crippen LogP contribution in [0.5, 0.6) is 0 Å². The van der Waals surface area contributed by atoms with Gasteiger partial charge in [0.15, 0.2) is 11.6 Å². The Bertz CT molecular complexity index is 339. The molecule has 0 spiro atoms. The maximum absolute atomic E-state index is 11.4. The van der Waals surface area contributed by atoms with E-state index in [4.69, 9.17) is 0 Å². The lowest BCUT2D eigenvalue weighted by molar-refractivity contribution is -0.143. The molecule has 0 aromatic rings. The third-order valence-corrected chi connectivity index (χ3v) is 3.44. The maximum atomic E-state index is 11.4. The van der Waals surface area contributed by atoms with E-state index in [9.17, 15) is 19.2 Å². The van der Waals surface area contributed by atoms with Crippen LogP contribution < -0.4 is 10.6 Å². The molecule has 0 fully saturated rings. The van der Waals surface area contributed by atoms with Crippen LogP contribution in [0.25, 0.3) is 0 Å². The zero-order chi connectivity index (χ0) is 14.1. The first-order valence-electron chi connectivity index (χ1n) is 4.83. The molecule has 0 saturated carbocycles. The minimum atomic E-state index is -0.949. The smallest absolute Gasteiger partial charge is 0.293 e. The summed E-state index contributed by atoms with van der Waals surface area (Å²) in [5, 5.41) is 4.63. The first-order chi connectivity index (χ1) is 8.42. The minimum absolute atomic E-state index is 0.167. The topological polar surface area (TPSA) is 102 Å². The second-order valence-corrected chi connectivity index (χ2v) is 4.83. The molecule has 10 heteroatoms. The largest absolute Gasteiger partial charge is 0.454 e. The van der Waals surface area contributed by atoms with E-state index in [1.807, 2.05) is 9.24 Å². The molecule has 0 aliphatic heterocycles. The van der Waals surface area contributed by atoms with E-state index >= 15 is 0 Å². The number of rotatable bonds is 8. The van der Waals surface area contributed by atoms with Crippen LogP contribution in [0, 0.1) is 0 Å². The van der Waals surface area contributed by atoms with Gasteiger partial charge in [-0.05, 0) is 0 Å². The van der Waals surface area contributed by atoms with Crippen LogP contribution in [0.3, 0.4) is 0 Å². The van der Waals surface area contributed by atoms with Gasteiger partial charge in [0.2, 0.25) is 5.91 Å². The quantitative estimate of drug-likeness (QED) is 0.408. The van der Waals surface area contributed by atoms with E-state index in [-0.39, 0.29) is 24.7 Å². The van der Waals surface area contributed by atoms with Gasteiger partial charge in [0.25, 0.3) is 12.4 Å². The Labute approximate surface area is 111 Å². The van der Waals surface area contributed by atoms with Crippen LogP contribution in [0.2, 0.25) is 0 Å². The number of hydrogen-bond donors (Lipinski definition) is 2. The second-order valence-electron chi connectivity index (χ2n) is 3.12. The zero-order valence-electron chi connectivity index (χ0n) is 9.42.